The Morgan fingerprint density at radius 1 is 0.914 bits per heavy atom. The summed E-state index contributed by atoms with van der Waals surface area (Å²) in [6.45, 7) is 0. The molecule has 0 atom stereocenters. The van der Waals surface area contributed by atoms with E-state index in [0.717, 1.165) is 0 Å². The summed E-state index contributed by atoms with van der Waals surface area (Å²) in [5.41, 5.74) is 1.15. The van der Waals surface area contributed by atoms with E-state index in [0.29, 0.717) is 35.7 Å². The molecule has 0 fully saturated rings. The fourth-order valence-corrected chi connectivity index (χ4v) is 3.47. The van der Waals surface area contributed by atoms with Crippen LogP contribution in [0.1, 0.15) is 39.1 Å². The molecule has 0 radical (unpaired) electrons. The highest BCUT2D eigenvalue weighted by atomic mass is 16.5. The molecule has 3 rings (SSSR count). The molecular formula is C26H18N4O5. The molecule has 9 nitrogen and oxygen atoms in total. The first-order valence-electron chi connectivity index (χ1n) is 10.3. The number of nitriles is 3. The van der Waals surface area contributed by atoms with Gasteiger partial charge >= 0.3 is 11.9 Å². The third kappa shape index (κ3) is 5.19. The maximum atomic E-state index is 11.2. The molecule has 0 saturated heterocycles. The van der Waals surface area contributed by atoms with E-state index >= 15 is 0 Å². The summed E-state index contributed by atoms with van der Waals surface area (Å²) in [6.07, 6.45) is 4.20. The first-order chi connectivity index (χ1) is 16.8. The lowest BCUT2D eigenvalue weighted by molar-refractivity contribution is 0.0686. The largest absolute Gasteiger partial charge is 0.478 e. The summed E-state index contributed by atoms with van der Waals surface area (Å²) in [6, 6.07) is 15.7. The lowest BCUT2D eigenvalue weighted by Crippen LogP contribution is -2.13. The van der Waals surface area contributed by atoms with E-state index in [4.69, 9.17) is 9.84 Å². The number of anilines is 1. The Morgan fingerprint density at radius 3 is 2.09 bits per heavy atom. The van der Waals surface area contributed by atoms with Crippen LogP contribution in [0.4, 0.5) is 5.69 Å². The zero-order chi connectivity index (χ0) is 25.5. The monoisotopic (exact) mass is 466 g/mol. The highest BCUT2D eigenvalue weighted by molar-refractivity contribution is 5.92. The Hall–Kier alpha value is -5.33. The summed E-state index contributed by atoms with van der Waals surface area (Å²) in [4.78, 5) is 24.0. The van der Waals surface area contributed by atoms with Gasteiger partial charge in [0.1, 0.15) is 17.7 Å². The second kappa shape index (κ2) is 10.5. The summed E-state index contributed by atoms with van der Waals surface area (Å²) in [5.74, 6) is -1.13. The smallest absolute Gasteiger partial charge is 0.335 e. The number of aromatic carboxylic acids is 2. The Labute approximate surface area is 200 Å². The number of nitrogens with zero attached hydrogens (tertiary/aromatic N) is 4. The number of carboxylic acids is 2. The van der Waals surface area contributed by atoms with Crippen LogP contribution in [-0.2, 0) is 0 Å². The molecular weight excluding hydrogens is 448 g/mol. The fourth-order valence-electron chi connectivity index (χ4n) is 3.47. The van der Waals surface area contributed by atoms with Gasteiger partial charge in [-0.1, -0.05) is 18.2 Å². The molecule has 1 aliphatic heterocycles. The molecule has 1 aliphatic rings. The minimum Gasteiger partial charge on any atom is -0.478 e. The van der Waals surface area contributed by atoms with Crippen molar-refractivity contribution in [2.24, 2.45) is 0 Å². The van der Waals surface area contributed by atoms with Crippen LogP contribution in [0.15, 0.2) is 71.6 Å². The molecule has 35 heavy (non-hydrogen) atoms. The average Bonchev–Trinajstić information content (AvgIpc) is 3.17. The van der Waals surface area contributed by atoms with Gasteiger partial charge in [-0.15, -0.1) is 0 Å². The third-order valence-electron chi connectivity index (χ3n) is 5.23. The standard InChI is InChI=1S/C26H18N4O5/c1-30-21-12-18(26(33)34)10-11-22(21)35-23(30)5-3-2-4-19(13-27)24(20(14-28)15-29)16-6-8-17(9-7-16)25(31)32/h4-12H,2-3H2,1H3,(H,31,32)(H,33,34)/b19-4+,23-5-. The topological polar surface area (TPSA) is 158 Å². The molecule has 2 aromatic rings. The van der Waals surface area contributed by atoms with Crippen molar-refractivity contribution in [2.75, 3.05) is 11.9 Å². The zero-order valence-electron chi connectivity index (χ0n) is 18.5. The normalized spacial score (nSPS) is 13.1. The number of allylic oxidation sites excluding steroid dienone is 5. The van der Waals surface area contributed by atoms with Crippen molar-refractivity contribution in [3.63, 3.8) is 0 Å². The molecule has 9 heteroatoms. The van der Waals surface area contributed by atoms with Crippen molar-refractivity contribution in [2.45, 2.75) is 12.8 Å². The third-order valence-corrected chi connectivity index (χ3v) is 5.23. The van der Waals surface area contributed by atoms with Crippen molar-refractivity contribution < 1.29 is 24.5 Å². The van der Waals surface area contributed by atoms with E-state index < -0.39 is 11.9 Å². The number of fused-ring (bicyclic) bond motifs is 1. The van der Waals surface area contributed by atoms with Gasteiger partial charge in [0.2, 0.25) is 0 Å². The molecule has 0 spiro atoms. The highest BCUT2D eigenvalue weighted by Crippen LogP contribution is 2.38. The van der Waals surface area contributed by atoms with Gasteiger partial charge in [0.05, 0.1) is 28.5 Å². The predicted octanol–water partition coefficient (Wildman–Crippen LogP) is 4.48. The second-order valence-corrected chi connectivity index (χ2v) is 7.35. The zero-order valence-corrected chi connectivity index (χ0v) is 18.5. The first kappa shape index (κ1) is 24.3. The summed E-state index contributed by atoms with van der Waals surface area (Å²) >= 11 is 0. The van der Waals surface area contributed by atoms with Crippen LogP contribution in [0.25, 0.3) is 5.57 Å². The minimum atomic E-state index is -1.12. The van der Waals surface area contributed by atoms with Gasteiger partial charge in [-0.2, -0.15) is 15.8 Å². The number of rotatable bonds is 7. The first-order valence-corrected chi connectivity index (χ1v) is 10.3. The number of hydrogen-bond donors (Lipinski definition) is 2. The highest BCUT2D eigenvalue weighted by Gasteiger charge is 2.24. The number of unbranched alkanes of at least 4 members (excludes halogenated alkanes) is 1. The molecule has 2 aromatic carbocycles. The van der Waals surface area contributed by atoms with Crippen molar-refractivity contribution >= 4 is 23.2 Å². The lowest BCUT2D eigenvalue weighted by Gasteiger charge is -2.11. The van der Waals surface area contributed by atoms with Gasteiger partial charge in [0.25, 0.3) is 0 Å². The maximum absolute atomic E-state index is 11.2. The van der Waals surface area contributed by atoms with Gasteiger partial charge in [-0.3, -0.25) is 0 Å². The van der Waals surface area contributed by atoms with Crippen LogP contribution >= 0.6 is 0 Å². The quantitative estimate of drug-likeness (QED) is 0.341. The fraction of sp³-hybridized carbons (Fsp3) is 0.115. The Kier molecular flexibility index (Phi) is 7.31. The molecule has 172 valence electrons. The van der Waals surface area contributed by atoms with Crippen molar-refractivity contribution in [3.05, 3.63) is 88.3 Å². The Bertz CT molecular complexity index is 1400. The molecule has 0 unspecified atom stereocenters. The van der Waals surface area contributed by atoms with Crippen LogP contribution in [0.5, 0.6) is 5.75 Å². The molecule has 0 aliphatic carbocycles. The number of carbonyl (C=O) groups is 2. The van der Waals surface area contributed by atoms with Gasteiger partial charge in [0.15, 0.2) is 11.6 Å². The minimum absolute atomic E-state index is 0.0369. The molecule has 0 aromatic heterocycles. The van der Waals surface area contributed by atoms with E-state index in [2.05, 4.69) is 0 Å². The van der Waals surface area contributed by atoms with Crippen LogP contribution in [0.2, 0.25) is 0 Å². The molecule has 1 heterocycles. The van der Waals surface area contributed by atoms with Crippen LogP contribution in [-0.4, -0.2) is 29.2 Å². The maximum Gasteiger partial charge on any atom is 0.335 e. The molecule has 2 N–H and O–H groups in total. The number of benzene rings is 2. The van der Waals surface area contributed by atoms with Gasteiger partial charge in [-0.25, -0.2) is 9.59 Å². The van der Waals surface area contributed by atoms with E-state index in [1.807, 2.05) is 6.07 Å². The van der Waals surface area contributed by atoms with Crippen molar-refractivity contribution in [1.82, 2.24) is 0 Å². The van der Waals surface area contributed by atoms with E-state index in [1.165, 1.54) is 36.4 Å². The number of hydrogen-bond acceptors (Lipinski definition) is 7. The van der Waals surface area contributed by atoms with Crippen molar-refractivity contribution in [1.29, 1.82) is 15.8 Å². The van der Waals surface area contributed by atoms with E-state index in [-0.39, 0.29) is 27.8 Å². The summed E-state index contributed by atoms with van der Waals surface area (Å²) < 4.78 is 5.77. The van der Waals surface area contributed by atoms with Crippen LogP contribution in [0.3, 0.4) is 0 Å². The second-order valence-electron chi connectivity index (χ2n) is 7.35. The van der Waals surface area contributed by atoms with E-state index in [1.54, 1.807) is 42.3 Å². The summed E-state index contributed by atoms with van der Waals surface area (Å²) in [5, 5.41) is 46.8. The van der Waals surface area contributed by atoms with E-state index in [9.17, 15) is 30.5 Å². The van der Waals surface area contributed by atoms with Crippen LogP contribution in [0, 0.1) is 34.0 Å². The average molecular weight is 466 g/mol. The van der Waals surface area contributed by atoms with Crippen LogP contribution < -0.4 is 9.64 Å². The van der Waals surface area contributed by atoms with Crippen molar-refractivity contribution in [3.8, 4) is 24.0 Å². The molecule has 0 saturated carbocycles. The van der Waals surface area contributed by atoms with Gasteiger partial charge < -0.3 is 19.8 Å². The molecule has 0 amide bonds. The predicted molar refractivity (Wildman–Crippen MR) is 125 cm³/mol. The number of ether oxygens (including phenoxy) is 1. The lowest BCUT2D eigenvalue weighted by atomic mass is 9.92. The summed E-state index contributed by atoms with van der Waals surface area (Å²) in [7, 11) is 1.74. The number of carboxylic acid groups (broad SMARTS) is 2. The van der Waals surface area contributed by atoms with Gasteiger partial charge in [-0.05, 0) is 54.8 Å². The SMILES string of the molecule is CN1/C(=C/CC/C=C(\C#N)C(=C(C#N)C#N)c2ccc(C(=O)O)cc2)Oc2ccc(C(=O)O)cc21. The Balaban J connectivity index is 1.82. The molecule has 0 bridgehead atoms. The van der Waals surface area contributed by atoms with Gasteiger partial charge in [0, 0.05) is 12.6 Å². The Morgan fingerprint density at radius 2 is 1.51 bits per heavy atom.